The minimum Gasteiger partial charge on any atom is -0.381 e. The van der Waals surface area contributed by atoms with Gasteiger partial charge in [0.05, 0.1) is 17.2 Å². The number of nitrogens with zero attached hydrogens (tertiary/aromatic N) is 3. The highest BCUT2D eigenvalue weighted by Gasteiger charge is 2.38. The highest BCUT2D eigenvalue weighted by molar-refractivity contribution is 5.77. The van der Waals surface area contributed by atoms with Crippen LogP contribution in [0.25, 0.3) is 0 Å². The Kier molecular flexibility index (Phi) is 5.42. The first-order valence-corrected chi connectivity index (χ1v) is 8.74. The predicted octanol–water partition coefficient (Wildman–Crippen LogP) is 2.90. The number of aromatic nitrogens is 2. The van der Waals surface area contributed by atoms with E-state index in [0.29, 0.717) is 31.6 Å². The average Bonchev–Trinajstić information content (AvgIpc) is 3.03. The van der Waals surface area contributed by atoms with E-state index >= 15 is 0 Å². The lowest BCUT2D eigenvalue weighted by Gasteiger charge is -2.38. The van der Waals surface area contributed by atoms with E-state index < -0.39 is 23.3 Å². The molecule has 1 aliphatic heterocycles. The van der Waals surface area contributed by atoms with Crippen LogP contribution in [0, 0.1) is 18.3 Å². The van der Waals surface area contributed by atoms with Crippen LogP contribution in [0.3, 0.4) is 0 Å². The van der Waals surface area contributed by atoms with Gasteiger partial charge in [-0.15, -0.1) is 0 Å². The van der Waals surface area contributed by atoms with Gasteiger partial charge in [-0.2, -0.15) is 23.5 Å². The summed E-state index contributed by atoms with van der Waals surface area (Å²) in [5.41, 5.74) is -0.534. The summed E-state index contributed by atoms with van der Waals surface area (Å²) in [4.78, 5) is 12.6. The smallest absolute Gasteiger partial charge is 0.381 e. The van der Waals surface area contributed by atoms with Crippen LogP contribution < -0.4 is 5.32 Å². The van der Waals surface area contributed by atoms with Crippen molar-refractivity contribution in [2.75, 3.05) is 13.2 Å². The van der Waals surface area contributed by atoms with E-state index in [2.05, 4.69) is 16.5 Å². The number of carbonyl (C=O) groups excluding carboxylic acids is 1. The summed E-state index contributed by atoms with van der Waals surface area (Å²) in [5.74, 6) is -0.458. The molecule has 0 atom stereocenters. The fourth-order valence-corrected chi connectivity index (χ4v) is 3.43. The van der Waals surface area contributed by atoms with Crippen LogP contribution in [0.2, 0.25) is 0 Å². The van der Waals surface area contributed by atoms with Gasteiger partial charge in [-0.25, -0.2) is 0 Å². The first kappa shape index (κ1) is 19.9. The normalized spacial score (nSPS) is 16.4. The number of carbonyl (C=O) groups is 1. The van der Waals surface area contributed by atoms with Crippen LogP contribution >= 0.6 is 0 Å². The highest BCUT2D eigenvalue weighted by Crippen LogP contribution is 2.33. The number of benzene rings is 1. The molecule has 1 aromatic carbocycles. The summed E-state index contributed by atoms with van der Waals surface area (Å²) in [6.45, 7) is 1.82. The Hall–Kier alpha value is -2.86. The van der Waals surface area contributed by atoms with Crippen molar-refractivity contribution >= 4 is 5.91 Å². The Morgan fingerprint density at radius 1 is 1.39 bits per heavy atom. The van der Waals surface area contributed by atoms with Crippen molar-refractivity contribution in [3.63, 3.8) is 0 Å². The van der Waals surface area contributed by atoms with Crippen molar-refractivity contribution < 1.29 is 22.7 Å². The second-order valence-electron chi connectivity index (χ2n) is 6.79. The molecule has 0 aliphatic carbocycles. The van der Waals surface area contributed by atoms with E-state index in [1.807, 2.05) is 6.07 Å². The van der Waals surface area contributed by atoms with Gasteiger partial charge in [0, 0.05) is 19.4 Å². The third-order valence-corrected chi connectivity index (χ3v) is 4.79. The maximum atomic E-state index is 12.9. The quantitative estimate of drug-likeness (QED) is 0.868. The first-order valence-electron chi connectivity index (χ1n) is 8.74. The average molecular weight is 392 g/mol. The largest absolute Gasteiger partial charge is 0.435 e. The fourth-order valence-electron chi connectivity index (χ4n) is 3.43. The number of nitriles is 1. The molecule has 0 radical (unpaired) electrons. The number of alkyl halides is 3. The van der Waals surface area contributed by atoms with Gasteiger partial charge in [0.25, 0.3) is 0 Å². The summed E-state index contributed by atoms with van der Waals surface area (Å²) < 4.78 is 45.1. The molecule has 28 heavy (non-hydrogen) atoms. The third kappa shape index (κ3) is 4.17. The summed E-state index contributed by atoms with van der Waals surface area (Å²) in [5, 5.41) is 15.6. The molecule has 1 aliphatic rings. The zero-order valence-electron chi connectivity index (χ0n) is 15.2. The maximum Gasteiger partial charge on any atom is 0.435 e. The predicted molar refractivity (Wildman–Crippen MR) is 93.0 cm³/mol. The van der Waals surface area contributed by atoms with E-state index in [0.717, 1.165) is 10.2 Å². The monoisotopic (exact) mass is 392 g/mol. The van der Waals surface area contributed by atoms with Gasteiger partial charge in [0.15, 0.2) is 5.69 Å². The van der Waals surface area contributed by atoms with Gasteiger partial charge in [0.2, 0.25) is 5.91 Å². The van der Waals surface area contributed by atoms with Crippen molar-refractivity contribution in [2.24, 2.45) is 0 Å². The van der Waals surface area contributed by atoms with Crippen LogP contribution in [0.15, 0.2) is 30.5 Å². The first-order chi connectivity index (χ1) is 13.2. The molecule has 0 unspecified atom stereocenters. The molecule has 1 amide bonds. The lowest BCUT2D eigenvalue weighted by atomic mass is 9.82. The molecule has 9 heteroatoms. The molecule has 3 rings (SSSR count). The van der Waals surface area contributed by atoms with Crippen LogP contribution in [0.5, 0.6) is 0 Å². The van der Waals surface area contributed by atoms with Crippen molar-refractivity contribution in [1.82, 2.24) is 15.1 Å². The van der Waals surface area contributed by atoms with Crippen LogP contribution in [0.4, 0.5) is 13.2 Å². The Morgan fingerprint density at radius 3 is 2.71 bits per heavy atom. The van der Waals surface area contributed by atoms with E-state index in [-0.39, 0.29) is 12.1 Å². The second kappa shape index (κ2) is 7.64. The molecule has 2 heterocycles. The van der Waals surface area contributed by atoms with E-state index in [4.69, 9.17) is 10.00 Å². The van der Waals surface area contributed by atoms with Crippen LogP contribution in [0.1, 0.15) is 35.2 Å². The highest BCUT2D eigenvalue weighted by atomic mass is 19.4. The number of rotatable bonds is 4. The number of ether oxygens (including phenoxy) is 1. The van der Waals surface area contributed by atoms with Gasteiger partial charge in [0.1, 0.15) is 6.54 Å². The number of nitrogens with one attached hydrogen (secondary N) is 1. The van der Waals surface area contributed by atoms with Crippen molar-refractivity contribution in [2.45, 2.75) is 38.0 Å². The zero-order chi connectivity index (χ0) is 20.4. The lowest BCUT2D eigenvalue weighted by Crippen LogP contribution is -2.50. The molecule has 1 fully saturated rings. The minimum absolute atomic E-state index is 0.0391. The van der Waals surface area contributed by atoms with Gasteiger partial charge in [-0.05, 0) is 43.0 Å². The number of hydrogen-bond acceptors (Lipinski definition) is 4. The van der Waals surface area contributed by atoms with Crippen molar-refractivity contribution in [3.8, 4) is 6.07 Å². The third-order valence-electron chi connectivity index (χ3n) is 4.79. The minimum atomic E-state index is -4.56. The molecule has 2 aromatic rings. The van der Waals surface area contributed by atoms with E-state index in [9.17, 15) is 18.0 Å². The van der Waals surface area contributed by atoms with Crippen LogP contribution in [-0.2, 0) is 27.8 Å². The Morgan fingerprint density at radius 2 is 2.11 bits per heavy atom. The summed E-state index contributed by atoms with van der Waals surface area (Å²) >= 11 is 0. The Balaban J connectivity index is 1.82. The zero-order valence-corrected chi connectivity index (χ0v) is 15.2. The standard InChI is InChI=1S/C19H19F3N4O2/c1-13-11-26(25-17(13)19(20,21)22)12-16(27)24-18(5-7-28-8-6-18)15-4-2-3-14(9-15)10-23/h2-4,9,11H,5-8,12H2,1H3,(H,24,27). The Labute approximate surface area is 159 Å². The molecule has 1 saturated heterocycles. The number of halogens is 3. The van der Waals surface area contributed by atoms with Gasteiger partial charge < -0.3 is 10.1 Å². The van der Waals surface area contributed by atoms with E-state index in [1.165, 1.54) is 13.1 Å². The number of amides is 1. The molecule has 148 valence electrons. The second-order valence-corrected chi connectivity index (χ2v) is 6.79. The number of hydrogen-bond donors (Lipinski definition) is 1. The molecular formula is C19H19F3N4O2. The molecule has 0 spiro atoms. The fraction of sp³-hybridized carbons (Fsp3) is 0.421. The number of aryl methyl sites for hydroxylation is 1. The Bertz CT molecular complexity index is 909. The lowest BCUT2D eigenvalue weighted by molar-refractivity contribution is -0.142. The molecule has 1 aromatic heterocycles. The molecule has 6 nitrogen and oxygen atoms in total. The maximum absolute atomic E-state index is 12.9. The van der Waals surface area contributed by atoms with Crippen LogP contribution in [-0.4, -0.2) is 28.9 Å². The van der Waals surface area contributed by atoms with Gasteiger partial charge in [-0.3, -0.25) is 9.48 Å². The summed E-state index contributed by atoms with van der Waals surface area (Å²) in [6, 6.07) is 9.02. The van der Waals surface area contributed by atoms with E-state index in [1.54, 1.807) is 18.2 Å². The molecular weight excluding hydrogens is 373 g/mol. The molecule has 1 N–H and O–H groups in total. The topological polar surface area (TPSA) is 79.9 Å². The van der Waals surface area contributed by atoms with Crippen molar-refractivity contribution in [3.05, 3.63) is 52.8 Å². The van der Waals surface area contributed by atoms with Crippen molar-refractivity contribution in [1.29, 1.82) is 5.26 Å². The van der Waals surface area contributed by atoms with Gasteiger partial charge >= 0.3 is 6.18 Å². The summed E-state index contributed by atoms with van der Waals surface area (Å²) in [6.07, 6.45) is -2.36. The molecule has 0 bridgehead atoms. The van der Waals surface area contributed by atoms with Gasteiger partial charge in [-0.1, -0.05) is 12.1 Å². The molecule has 0 saturated carbocycles. The SMILES string of the molecule is Cc1cn(CC(=O)NC2(c3cccc(C#N)c3)CCOCC2)nc1C(F)(F)F. The summed E-state index contributed by atoms with van der Waals surface area (Å²) in [7, 11) is 0.